The second-order valence-electron chi connectivity index (χ2n) is 4.75. The number of sulfonamides is 1. The first kappa shape index (κ1) is 16.0. The molecule has 0 bridgehead atoms. The number of nitrogens with zero attached hydrogens (tertiary/aromatic N) is 1. The predicted molar refractivity (Wildman–Crippen MR) is 64.1 cm³/mol. The van der Waals surface area contributed by atoms with Crippen molar-refractivity contribution >= 4 is 21.6 Å². The molecule has 18 heavy (non-hydrogen) atoms. The molecule has 1 rings (SSSR count). The molecule has 0 aromatic heterocycles. The van der Waals surface area contributed by atoms with E-state index >= 15 is 0 Å². The van der Waals surface area contributed by atoms with Gasteiger partial charge in [-0.05, 0) is 25.2 Å². The molecule has 0 heterocycles. The highest BCUT2D eigenvalue weighted by Gasteiger charge is 2.32. The van der Waals surface area contributed by atoms with Gasteiger partial charge in [-0.3, -0.25) is 0 Å². The highest BCUT2D eigenvalue weighted by atomic mass is 35.5. The molecular weight excluding hydrogens is 291 g/mol. The zero-order chi connectivity index (χ0) is 14.0. The van der Waals surface area contributed by atoms with Gasteiger partial charge >= 0.3 is 6.18 Å². The Balaban J connectivity index is 2.33. The van der Waals surface area contributed by atoms with Crippen LogP contribution in [-0.2, 0) is 10.0 Å². The first-order valence-electron chi connectivity index (χ1n) is 5.75. The normalized spacial score (nSPS) is 25.2. The summed E-state index contributed by atoms with van der Waals surface area (Å²) in [4.78, 5) is 0. The van der Waals surface area contributed by atoms with Crippen molar-refractivity contribution < 1.29 is 21.6 Å². The van der Waals surface area contributed by atoms with Crippen molar-refractivity contribution in [3.8, 4) is 0 Å². The number of rotatable bonds is 6. The van der Waals surface area contributed by atoms with Gasteiger partial charge in [0.1, 0.15) is 0 Å². The molecule has 0 N–H and O–H groups in total. The summed E-state index contributed by atoms with van der Waals surface area (Å²) < 4.78 is 60.3. The molecule has 108 valence electrons. The summed E-state index contributed by atoms with van der Waals surface area (Å²) in [6, 6.07) is 0. The Morgan fingerprint density at radius 2 is 1.89 bits per heavy atom. The molecule has 1 fully saturated rings. The van der Waals surface area contributed by atoms with E-state index in [1.165, 1.54) is 7.05 Å². The maximum atomic E-state index is 11.9. The van der Waals surface area contributed by atoms with Gasteiger partial charge in [0, 0.05) is 25.4 Å². The molecule has 0 saturated heterocycles. The van der Waals surface area contributed by atoms with Crippen molar-refractivity contribution in [2.24, 2.45) is 5.92 Å². The van der Waals surface area contributed by atoms with Crippen LogP contribution in [0.15, 0.2) is 0 Å². The van der Waals surface area contributed by atoms with Crippen LogP contribution in [0.1, 0.15) is 25.7 Å². The highest BCUT2D eigenvalue weighted by Crippen LogP contribution is 2.32. The monoisotopic (exact) mass is 307 g/mol. The fourth-order valence-corrected chi connectivity index (χ4v) is 3.65. The summed E-state index contributed by atoms with van der Waals surface area (Å²) >= 11 is 5.78. The maximum absolute atomic E-state index is 11.9. The molecule has 0 aromatic carbocycles. The van der Waals surface area contributed by atoms with Crippen molar-refractivity contribution in [3.05, 3.63) is 0 Å². The molecule has 8 heteroatoms. The van der Waals surface area contributed by atoms with Crippen LogP contribution in [0.4, 0.5) is 13.2 Å². The second kappa shape index (κ2) is 5.96. The zero-order valence-corrected chi connectivity index (χ0v) is 11.7. The molecular formula is C10H17ClF3NO2S. The minimum Gasteiger partial charge on any atom is -0.212 e. The third kappa shape index (κ3) is 5.32. The molecule has 0 atom stereocenters. The van der Waals surface area contributed by atoms with E-state index in [2.05, 4.69) is 0 Å². The van der Waals surface area contributed by atoms with E-state index in [0.29, 0.717) is 6.54 Å². The van der Waals surface area contributed by atoms with Crippen LogP contribution < -0.4 is 0 Å². The Morgan fingerprint density at radius 1 is 1.33 bits per heavy atom. The minimum absolute atomic E-state index is 0.108. The van der Waals surface area contributed by atoms with E-state index in [1.807, 2.05) is 0 Å². The summed E-state index contributed by atoms with van der Waals surface area (Å²) in [5.74, 6) is -0.227. The Kier molecular flexibility index (Phi) is 5.32. The van der Waals surface area contributed by atoms with Gasteiger partial charge in [0.15, 0.2) is 0 Å². The average Bonchev–Trinajstić information content (AvgIpc) is 2.12. The number of alkyl halides is 4. The zero-order valence-electron chi connectivity index (χ0n) is 10.1. The SMILES string of the molecule is CN(CC1CC(Cl)C1)S(=O)(=O)CCCC(F)(F)F. The minimum atomic E-state index is -4.30. The summed E-state index contributed by atoms with van der Waals surface area (Å²) in [7, 11) is -2.17. The van der Waals surface area contributed by atoms with Gasteiger partial charge in [-0.15, -0.1) is 11.6 Å². The fraction of sp³-hybridized carbons (Fsp3) is 1.00. The van der Waals surface area contributed by atoms with E-state index < -0.39 is 28.4 Å². The first-order chi connectivity index (χ1) is 8.10. The van der Waals surface area contributed by atoms with Crippen molar-refractivity contribution in [1.82, 2.24) is 4.31 Å². The van der Waals surface area contributed by atoms with Crippen LogP contribution in [0.5, 0.6) is 0 Å². The van der Waals surface area contributed by atoms with E-state index in [4.69, 9.17) is 11.6 Å². The lowest BCUT2D eigenvalue weighted by Crippen LogP contribution is -2.39. The van der Waals surface area contributed by atoms with Gasteiger partial charge in [0.25, 0.3) is 0 Å². The lowest BCUT2D eigenvalue weighted by molar-refractivity contribution is -0.134. The van der Waals surface area contributed by atoms with Crippen LogP contribution in [-0.4, -0.2) is 43.6 Å². The first-order valence-corrected chi connectivity index (χ1v) is 7.79. The van der Waals surface area contributed by atoms with E-state index in [0.717, 1.165) is 17.1 Å². The van der Waals surface area contributed by atoms with Crippen LogP contribution in [0, 0.1) is 5.92 Å². The molecule has 0 unspecified atom stereocenters. The molecule has 3 nitrogen and oxygen atoms in total. The Bertz CT molecular complexity index is 366. The number of hydrogen-bond acceptors (Lipinski definition) is 2. The third-order valence-electron chi connectivity index (χ3n) is 3.03. The molecule has 0 spiro atoms. The van der Waals surface area contributed by atoms with Gasteiger partial charge in [-0.1, -0.05) is 0 Å². The Hall–Kier alpha value is -0.0100. The van der Waals surface area contributed by atoms with Crippen LogP contribution in [0.2, 0.25) is 0 Å². The molecule has 1 saturated carbocycles. The third-order valence-corrected chi connectivity index (χ3v) is 5.29. The number of hydrogen-bond donors (Lipinski definition) is 0. The molecule has 0 amide bonds. The van der Waals surface area contributed by atoms with Crippen LogP contribution in [0.25, 0.3) is 0 Å². The molecule has 1 aliphatic carbocycles. The predicted octanol–water partition coefficient (Wildman–Crippen LogP) is 2.61. The second-order valence-corrected chi connectivity index (χ2v) is 7.56. The van der Waals surface area contributed by atoms with Gasteiger partial charge in [0.05, 0.1) is 5.75 Å². The van der Waals surface area contributed by atoms with Gasteiger partial charge in [0.2, 0.25) is 10.0 Å². The fourth-order valence-electron chi connectivity index (χ4n) is 1.89. The average molecular weight is 308 g/mol. The standard InChI is InChI=1S/C10H17ClF3NO2S/c1-15(7-8-5-9(11)6-8)18(16,17)4-2-3-10(12,13)14/h8-9H,2-7H2,1H3. The smallest absolute Gasteiger partial charge is 0.212 e. The summed E-state index contributed by atoms with van der Waals surface area (Å²) in [5.41, 5.74) is 0. The molecule has 1 aliphatic rings. The van der Waals surface area contributed by atoms with Crippen LogP contribution >= 0.6 is 11.6 Å². The van der Waals surface area contributed by atoms with Crippen LogP contribution in [0.3, 0.4) is 0 Å². The largest absolute Gasteiger partial charge is 0.389 e. The van der Waals surface area contributed by atoms with Gasteiger partial charge in [-0.2, -0.15) is 13.2 Å². The molecule has 0 aromatic rings. The quantitative estimate of drug-likeness (QED) is 0.707. The lowest BCUT2D eigenvalue weighted by atomic mass is 9.85. The Labute approximate surface area is 110 Å². The number of halogens is 4. The molecule has 0 aliphatic heterocycles. The highest BCUT2D eigenvalue weighted by molar-refractivity contribution is 7.89. The maximum Gasteiger partial charge on any atom is 0.389 e. The van der Waals surface area contributed by atoms with Crippen molar-refractivity contribution in [2.45, 2.75) is 37.2 Å². The Morgan fingerprint density at radius 3 is 2.33 bits per heavy atom. The molecule has 0 radical (unpaired) electrons. The van der Waals surface area contributed by atoms with E-state index in [9.17, 15) is 21.6 Å². The van der Waals surface area contributed by atoms with Crippen molar-refractivity contribution in [3.63, 3.8) is 0 Å². The van der Waals surface area contributed by atoms with Gasteiger partial charge < -0.3 is 0 Å². The summed E-state index contributed by atoms with van der Waals surface area (Å²) in [6.07, 6.45) is -4.21. The van der Waals surface area contributed by atoms with Gasteiger partial charge in [-0.25, -0.2) is 12.7 Å². The van der Waals surface area contributed by atoms with Crippen molar-refractivity contribution in [2.75, 3.05) is 19.3 Å². The van der Waals surface area contributed by atoms with Crippen molar-refractivity contribution in [1.29, 1.82) is 0 Å². The lowest BCUT2D eigenvalue weighted by Gasteiger charge is -2.33. The topological polar surface area (TPSA) is 37.4 Å². The summed E-state index contributed by atoms with van der Waals surface area (Å²) in [6.45, 7) is 0.345. The van der Waals surface area contributed by atoms with E-state index in [1.54, 1.807) is 0 Å². The van der Waals surface area contributed by atoms with E-state index in [-0.39, 0.29) is 17.7 Å². The summed E-state index contributed by atoms with van der Waals surface area (Å²) in [5, 5.41) is 0.108.